The van der Waals surface area contributed by atoms with Crippen LogP contribution in [-0.4, -0.2) is 53.8 Å². The van der Waals surface area contributed by atoms with Gasteiger partial charge in [-0.2, -0.15) is 5.10 Å². The highest BCUT2D eigenvalue weighted by Gasteiger charge is 2.28. The second kappa shape index (κ2) is 7.90. The van der Waals surface area contributed by atoms with Gasteiger partial charge < -0.3 is 9.64 Å². The van der Waals surface area contributed by atoms with Gasteiger partial charge in [-0.3, -0.25) is 9.48 Å². The molecule has 0 aromatic carbocycles. The molecule has 1 aromatic heterocycles. The number of ketones is 1. The van der Waals surface area contributed by atoms with Gasteiger partial charge in [0.2, 0.25) is 5.78 Å². The van der Waals surface area contributed by atoms with Gasteiger partial charge in [-0.1, -0.05) is 13.8 Å². The number of halogens is 1. The zero-order valence-corrected chi connectivity index (χ0v) is 14.5. The van der Waals surface area contributed by atoms with Crippen molar-refractivity contribution < 1.29 is 9.53 Å². The normalized spacial score (nSPS) is 13.2. The Hall–Kier alpha value is -0.720. The summed E-state index contributed by atoms with van der Waals surface area (Å²) in [5.41, 5.74) is 0.596. The van der Waals surface area contributed by atoms with Crippen LogP contribution in [0, 0.1) is 5.92 Å². The molecule has 1 heterocycles. The number of ether oxygens (including phenoxy) is 1. The number of hydrogen-bond donors (Lipinski definition) is 0. The number of rotatable bonds is 8. The van der Waals surface area contributed by atoms with Crippen LogP contribution in [0.5, 0.6) is 0 Å². The largest absolute Gasteiger partial charge is 0.370 e. The topological polar surface area (TPSA) is 47.4 Å². The molecule has 0 saturated heterocycles. The SMILES string of the molecule is CCOC(C(=O)c1c(Br)cnn1CCN(C)C)C(C)C. The molecule has 0 saturated carbocycles. The Labute approximate surface area is 129 Å². The summed E-state index contributed by atoms with van der Waals surface area (Å²) in [7, 11) is 3.99. The Morgan fingerprint density at radius 1 is 1.50 bits per heavy atom. The van der Waals surface area contributed by atoms with Gasteiger partial charge in [0.25, 0.3) is 0 Å². The predicted octanol–water partition coefficient (Wildman–Crippen LogP) is 2.45. The molecular weight excluding hydrogens is 322 g/mol. The molecule has 0 radical (unpaired) electrons. The molecule has 0 fully saturated rings. The van der Waals surface area contributed by atoms with Crippen LogP contribution in [0.3, 0.4) is 0 Å². The second-order valence-electron chi connectivity index (χ2n) is 5.35. The summed E-state index contributed by atoms with van der Waals surface area (Å²) >= 11 is 3.42. The lowest BCUT2D eigenvalue weighted by atomic mass is 10.0. The highest BCUT2D eigenvalue weighted by Crippen LogP contribution is 2.21. The Balaban J connectivity index is 2.98. The van der Waals surface area contributed by atoms with Crippen LogP contribution in [0.4, 0.5) is 0 Å². The monoisotopic (exact) mass is 345 g/mol. The Morgan fingerprint density at radius 2 is 2.15 bits per heavy atom. The Kier molecular flexibility index (Phi) is 6.85. The molecule has 0 aliphatic rings. The van der Waals surface area contributed by atoms with Gasteiger partial charge >= 0.3 is 0 Å². The van der Waals surface area contributed by atoms with Gasteiger partial charge in [0, 0.05) is 13.2 Å². The Morgan fingerprint density at radius 3 is 2.65 bits per heavy atom. The van der Waals surface area contributed by atoms with E-state index in [-0.39, 0.29) is 11.7 Å². The number of nitrogens with zero attached hydrogens (tertiary/aromatic N) is 3. The van der Waals surface area contributed by atoms with Crippen LogP contribution >= 0.6 is 15.9 Å². The number of Topliss-reactive ketones (excluding diaryl/α,β-unsaturated/α-hetero) is 1. The van der Waals surface area contributed by atoms with Gasteiger partial charge in [0.05, 0.1) is 17.2 Å². The summed E-state index contributed by atoms with van der Waals surface area (Å²) in [6, 6.07) is 0. The number of likely N-dealkylation sites (N-methyl/N-ethyl adjacent to an activating group) is 1. The molecule has 0 aliphatic carbocycles. The lowest BCUT2D eigenvalue weighted by molar-refractivity contribution is 0.0270. The molecule has 6 heteroatoms. The molecule has 5 nitrogen and oxygen atoms in total. The van der Waals surface area contributed by atoms with Crippen molar-refractivity contribution in [2.24, 2.45) is 5.92 Å². The predicted molar refractivity (Wildman–Crippen MR) is 83.1 cm³/mol. The fourth-order valence-electron chi connectivity index (χ4n) is 1.96. The molecule has 0 aliphatic heterocycles. The van der Waals surface area contributed by atoms with Gasteiger partial charge in [0.1, 0.15) is 11.8 Å². The highest BCUT2D eigenvalue weighted by atomic mass is 79.9. The molecule has 0 spiro atoms. The van der Waals surface area contributed by atoms with Crippen LogP contribution in [-0.2, 0) is 11.3 Å². The van der Waals surface area contributed by atoms with E-state index in [1.54, 1.807) is 10.9 Å². The minimum absolute atomic E-state index is 0.00928. The van der Waals surface area contributed by atoms with E-state index in [1.807, 2.05) is 34.9 Å². The molecule has 0 N–H and O–H groups in total. The van der Waals surface area contributed by atoms with Crippen LogP contribution in [0.25, 0.3) is 0 Å². The summed E-state index contributed by atoms with van der Waals surface area (Å²) in [5, 5.41) is 4.28. The fourth-order valence-corrected chi connectivity index (χ4v) is 2.45. The van der Waals surface area contributed by atoms with Gasteiger partial charge in [0.15, 0.2) is 0 Å². The molecule has 1 rings (SSSR count). The fraction of sp³-hybridized carbons (Fsp3) is 0.714. The lowest BCUT2D eigenvalue weighted by Crippen LogP contribution is -2.32. The van der Waals surface area contributed by atoms with E-state index in [1.165, 1.54) is 0 Å². The maximum Gasteiger partial charge on any atom is 0.210 e. The van der Waals surface area contributed by atoms with Crippen LogP contribution in [0.15, 0.2) is 10.7 Å². The van der Waals surface area contributed by atoms with E-state index in [4.69, 9.17) is 4.74 Å². The maximum atomic E-state index is 12.7. The average molecular weight is 346 g/mol. The van der Waals surface area contributed by atoms with Crippen molar-refractivity contribution in [2.45, 2.75) is 33.4 Å². The minimum Gasteiger partial charge on any atom is -0.370 e. The van der Waals surface area contributed by atoms with Crippen molar-refractivity contribution in [3.8, 4) is 0 Å². The summed E-state index contributed by atoms with van der Waals surface area (Å²) in [4.78, 5) is 14.8. The summed E-state index contributed by atoms with van der Waals surface area (Å²) in [6.45, 7) is 7.92. The molecule has 0 amide bonds. The minimum atomic E-state index is -0.425. The second-order valence-corrected chi connectivity index (χ2v) is 6.21. The zero-order valence-electron chi connectivity index (χ0n) is 12.9. The van der Waals surface area contributed by atoms with Crippen molar-refractivity contribution >= 4 is 21.7 Å². The van der Waals surface area contributed by atoms with Gasteiger partial charge in [-0.05, 0) is 42.9 Å². The maximum absolute atomic E-state index is 12.7. The van der Waals surface area contributed by atoms with E-state index >= 15 is 0 Å². The third kappa shape index (κ3) is 4.40. The molecule has 1 unspecified atom stereocenters. The van der Waals surface area contributed by atoms with Crippen molar-refractivity contribution in [2.75, 3.05) is 27.2 Å². The van der Waals surface area contributed by atoms with Crippen molar-refractivity contribution in [3.05, 3.63) is 16.4 Å². The molecule has 1 atom stereocenters. The zero-order chi connectivity index (χ0) is 15.3. The van der Waals surface area contributed by atoms with Crippen molar-refractivity contribution in [3.63, 3.8) is 0 Å². The van der Waals surface area contributed by atoms with Gasteiger partial charge in [-0.15, -0.1) is 0 Å². The summed E-state index contributed by atoms with van der Waals surface area (Å²) < 4.78 is 8.08. The standard InChI is InChI=1S/C14H24BrN3O2/c1-6-20-14(10(2)3)13(19)12-11(15)9-16-18(12)8-7-17(4)5/h9-10,14H,6-8H2,1-5H3. The smallest absolute Gasteiger partial charge is 0.210 e. The number of carbonyl (C=O) groups excluding carboxylic acids is 1. The molecule has 114 valence electrons. The van der Waals surface area contributed by atoms with Crippen LogP contribution in [0.2, 0.25) is 0 Å². The van der Waals surface area contributed by atoms with Gasteiger partial charge in [-0.25, -0.2) is 0 Å². The van der Waals surface area contributed by atoms with Crippen LogP contribution < -0.4 is 0 Å². The molecular formula is C14H24BrN3O2. The van der Waals surface area contributed by atoms with E-state index < -0.39 is 6.10 Å². The molecule has 1 aromatic rings. The van der Waals surface area contributed by atoms with E-state index in [0.717, 1.165) is 11.0 Å². The molecule has 20 heavy (non-hydrogen) atoms. The van der Waals surface area contributed by atoms with E-state index in [9.17, 15) is 4.79 Å². The summed E-state index contributed by atoms with van der Waals surface area (Å²) in [5.74, 6) is 0.122. The van der Waals surface area contributed by atoms with Crippen molar-refractivity contribution in [1.82, 2.24) is 14.7 Å². The number of carbonyl (C=O) groups is 1. The first-order valence-electron chi connectivity index (χ1n) is 6.90. The first-order valence-corrected chi connectivity index (χ1v) is 7.69. The van der Waals surface area contributed by atoms with Crippen molar-refractivity contribution in [1.29, 1.82) is 0 Å². The quantitative estimate of drug-likeness (QED) is 0.679. The van der Waals surface area contributed by atoms with E-state index in [2.05, 4.69) is 25.9 Å². The number of aromatic nitrogens is 2. The third-order valence-corrected chi connectivity index (χ3v) is 3.58. The van der Waals surface area contributed by atoms with E-state index in [0.29, 0.717) is 18.8 Å². The molecule has 0 bridgehead atoms. The first-order chi connectivity index (χ1) is 9.38. The first kappa shape index (κ1) is 17.3. The number of hydrogen-bond acceptors (Lipinski definition) is 4. The average Bonchev–Trinajstić information content (AvgIpc) is 2.73. The summed E-state index contributed by atoms with van der Waals surface area (Å²) in [6.07, 6.45) is 1.25. The Bertz CT molecular complexity index is 444. The van der Waals surface area contributed by atoms with Crippen LogP contribution in [0.1, 0.15) is 31.3 Å². The third-order valence-electron chi connectivity index (χ3n) is 3.00. The highest BCUT2D eigenvalue weighted by molar-refractivity contribution is 9.10. The lowest BCUT2D eigenvalue weighted by Gasteiger charge is -2.20.